The second kappa shape index (κ2) is 3.15. The molecule has 0 saturated heterocycles. The predicted octanol–water partition coefficient (Wildman–Crippen LogP) is 1.82. The van der Waals surface area contributed by atoms with Crippen LogP contribution in [0.3, 0.4) is 0 Å². The van der Waals surface area contributed by atoms with Crippen LogP contribution < -0.4 is 0 Å². The van der Waals surface area contributed by atoms with Gasteiger partial charge in [0, 0.05) is 10.6 Å². The first kappa shape index (κ1) is 9.06. The van der Waals surface area contributed by atoms with Gasteiger partial charge in [0.25, 0.3) is 0 Å². The maximum absolute atomic E-state index is 11.5. The van der Waals surface area contributed by atoms with Crippen molar-refractivity contribution >= 4 is 9.73 Å². The third kappa shape index (κ3) is 1.76. The van der Waals surface area contributed by atoms with Crippen molar-refractivity contribution in [3.8, 4) is 5.75 Å². The Morgan fingerprint density at radius 3 is 2.33 bits per heavy atom. The summed E-state index contributed by atoms with van der Waals surface area (Å²) in [6, 6.07) is 5.93. The summed E-state index contributed by atoms with van der Waals surface area (Å²) in [6.45, 7) is 1.71. The van der Waals surface area contributed by atoms with Crippen molar-refractivity contribution in [1.29, 1.82) is 4.78 Å². The number of hydrogen-bond donors (Lipinski definition) is 2. The second-order valence-electron chi connectivity index (χ2n) is 2.46. The fourth-order valence-electron chi connectivity index (χ4n) is 0.833. The molecule has 1 aromatic carbocycles. The molecule has 0 spiro atoms. The first-order chi connectivity index (χ1) is 5.56. The summed E-state index contributed by atoms with van der Waals surface area (Å²) in [5, 5.41) is 8.94. The standard InChI is InChI=1S/C8H11NO2S/c1-2-12(9,11)8-5-3-7(10)4-6-8/h3-6,9-10H,2H2,1H3/t12-/m0/s1. The summed E-state index contributed by atoms with van der Waals surface area (Å²) in [5.74, 6) is 0.433. The normalized spacial score (nSPS) is 15.4. The van der Waals surface area contributed by atoms with Crippen molar-refractivity contribution in [3.63, 3.8) is 0 Å². The second-order valence-corrected chi connectivity index (χ2v) is 4.86. The molecule has 2 N–H and O–H groups in total. The van der Waals surface area contributed by atoms with E-state index in [0.29, 0.717) is 10.6 Å². The van der Waals surface area contributed by atoms with E-state index in [1.807, 2.05) is 0 Å². The zero-order valence-corrected chi connectivity index (χ0v) is 7.60. The molecule has 0 heterocycles. The maximum Gasteiger partial charge on any atom is 0.115 e. The summed E-state index contributed by atoms with van der Waals surface area (Å²) in [7, 11) is -2.63. The van der Waals surface area contributed by atoms with Crippen LogP contribution in [0, 0.1) is 4.78 Å². The predicted molar refractivity (Wildman–Crippen MR) is 47.8 cm³/mol. The van der Waals surface area contributed by atoms with E-state index in [1.54, 1.807) is 6.92 Å². The molecule has 0 aliphatic rings. The Bertz CT molecular complexity index is 353. The Hall–Kier alpha value is -1.03. The van der Waals surface area contributed by atoms with Crippen LogP contribution in [0.4, 0.5) is 0 Å². The first-order valence-electron chi connectivity index (χ1n) is 3.62. The Kier molecular flexibility index (Phi) is 2.38. The first-order valence-corrected chi connectivity index (χ1v) is 5.34. The van der Waals surface area contributed by atoms with E-state index in [9.17, 15) is 4.21 Å². The molecule has 66 valence electrons. The third-order valence-corrected chi connectivity index (χ3v) is 3.47. The molecule has 4 heteroatoms. The molecule has 0 aromatic heterocycles. The minimum Gasteiger partial charge on any atom is -0.508 e. The minimum atomic E-state index is -2.63. The van der Waals surface area contributed by atoms with Crippen molar-refractivity contribution in [2.45, 2.75) is 11.8 Å². The number of aromatic hydroxyl groups is 1. The highest BCUT2D eigenvalue weighted by Gasteiger charge is 2.05. The SMILES string of the molecule is CC[S@](=N)(=O)c1ccc(O)cc1. The lowest BCUT2D eigenvalue weighted by Crippen LogP contribution is -2.00. The van der Waals surface area contributed by atoms with Crippen LogP contribution in [0.1, 0.15) is 6.92 Å². The molecule has 0 amide bonds. The number of hydrogen-bond acceptors (Lipinski definition) is 3. The van der Waals surface area contributed by atoms with E-state index in [1.165, 1.54) is 24.3 Å². The molecule has 1 aromatic rings. The largest absolute Gasteiger partial charge is 0.508 e. The molecule has 0 aliphatic carbocycles. The van der Waals surface area contributed by atoms with Crippen molar-refractivity contribution in [1.82, 2.24) is 0 Å². The Labute approximate surface area is 72.0 Å². The molecular formula is C8H11NO2S. The van der Waals surface area contributed by atoms with Crippen LogP contribution in [0.2, 0.25) is 0 Å². The van der Waals surface area contributed by atoms with E-state index in [0.717, 1.165) is 0 Å². The van der Waals surface area contributed by atoms with Crippen LogP contribution in [0.15, 0.2) is 29.2 Å². The van der Waals surface area contributed by atoms with E-state index < -0.39 is 9.73 Å². The molecule has 1 atom stereocenters. The number of benzene rings is 1. The summed E-state index contributed by atoms with van der Waals surface area (Å²) < 4.78 is 18.9. The number of rotatable bonds is 2. The van der Waals surface area contributed by atoms with Gasteiger partial charge in [-0.1, -0.05) is 6.92 Å². The number of nitrogens with one attached hydrogen (secondary N) is 1. The van der Waals surface area contributed by atoms with Crippen LogP contribution in [-0.2, 0) is 9.73 Å². The van der Waals surface area contributed by atoms with Crippen molar-refractivity contribution in [2.75, 3.05) is 5.75 Å². The molecule has 12 heavy (non-hydrogen) atoms. The summed E-state index contributed by atoms with van der Waals surface area (Å²) >= 11 is 0. The van der Waals surface area contributed by atoms with Gasteiger partial charge in [0.2, 0.25) is 0 Å². The molecule has 0 bridgehead atoms. The Morgan fingerprint density at radius 1 is 1.42 bits per heavy atom. The molecule has 0 radical (unpaired) electrons. The van der Waals surface area contributed by atoms with Gasteiger partial charge in [-0.2, -0.15) is 0 Å². The van der Waals surface area contributed by atoms with E-state index in [-0.39, 0.29) is 5.75 Å². The average molecular weight is 185 g/mol. The zero-order valence-electron chi connectivity index (χ0n) is 6.78. The van der Waals surface area contributed by atoms with Gasteiger partial charge in [0.15, 0.2) is 0 Å². The van der Waals surface area contributed by atoms with Crippen molar-refractivity contribution in [2.24, 2.45) is 0 Å². The number of phenolic OH excluding ortho intramolecular Hbond substituents is 1. The van der Waals surface area contributed by atoms with Gasteiger partial charge in [0.1, 0.15) is 5.75 Å². The fourth-order valence-corrected chi connectivity index (χ4v) is 1.74. The Balaban J connectivity index is 3.14. The molecule has 3 nitrogen and oxygen atoms in total. The van der Waals surface area contributed by atoms with Gasteiger partial charge in [0.05, 0.1) is 9.73 Å². The highest BCUT2D eigenvalue weighted by molar-refractivity contribution is 7.92. The van der Waals surface area contributed by atoms with Gasteiger partial charge < -0.3 is 5.11 Å². The fraction of sp³-hybridized carbons (Fsp3) is 0.250. The van der Waals surface area contributed by atoms with Crippen LogP contribution >= 0.6 is 0 Å². The summed E-state index contributed by atoms with van der Waals surface area (Å²) in [5.41, 5.74) is 0. The van der Waals surface area contributed by atoms with Crippen LogP contribution in [0.25, 0.3) is 0 Å². The van der Waals surface area contributed by atoms with Gasteiger partial charge in [-0.3, -0.25) is 0 Å². The van der Waals surface area contributed by atoms with E-state index in [2.05, 4.69) is 0 Å². The lowest BCUT2D eigenvalue weighted by Gasteiger charge is -2.03. The molecule has 0 aliphatic heterocycles. The zero-order chi connectivity index (χ0) is 9.19. The third-order valence-electron chi connectivity index (χ3n) is 1.62. The average Bonchev–Trinajstić information content (AvgIpc) is 2.05. The quantitative estimate of drug-likeness (QED) is 0.738. The number of phenols is 1. The molecule has 1 rings (SSSR count). The van der Waals surface area contributed by atoms with Gasteiger partial charge >= 0.3 is 0 Å². The van der Waals surface area contributed by atoms with Crippen LogP contribution in [0.5, 0.6) is 5.75 Å². The molecular weight excluding hydrogens is 174 g/mol. The summed E-state index contributed by atoms with van der Waals surface area (Å²) in [6.07, 6.45) is 0. The molecule has 0 saturated carbocycles. The highest BCUT2D eigenvalue weighted by Crippen LogP contribution is 2.15. The highest BCUT2D eigenvalue weighted by atomic mass is 32.2. The van der Waals surface area contributed by atoms with Crippen molar-refractivity contribution in [3.05, 3.63) is 24.3 Å². The van der Waals surface area contributed by atoms with Gasteiger partial charge in [-0.15, -0.1) is 0 Å². The lowest BCUT2D eigenvalue weighted by atomic mass is 10.3. The monoisotopic (exact) mass is 185 g/mol. The molecule has 0 fully saturated rings. The maximum atomic E-state index is 11.5. The van der Waals surface area contributed by atoms with Gasteiger partial charge in [-0.05, 0) is 24.3 Å². The van der Waals surface area contributed by atoms with Crippen molar-refractivity contribution < 1.29 is 9.32 Å². The van der Waals surface area contributed by atoms with E-state index >= 15 is 0 Å². The Morgan fingerprint density at radius 2 is 1.92 bits per heavy atom. The minimum absolute atomic E-state index is 0.130. The van der Waals surface area contributed by atoms with E-state index in [4.69, 9.17) is 9.89 Å². The molecule has 0 unspecified atom stereocenters. The smallest absolute Gasteiger partial charge is 0.115 e. The summed E-state index contributed by atoms with van der Waals surface area (Å²) in [4.78, 5) is 0.475. The van der Waals surface area contributed by atoms with Crippen LogP contribution in [-0.4, -0.2) is 15.1 Å². The van der Waals surface area contributed by atoms with Gasteiger partial charge in [-0.25, -0.2) is 8.99 Å². The topological polar surface area (TPSA) is 61.2 Å². The lowest BCUT2D eigenvalue weighted by molar-refractivity contribution is 0.475.